The van der Waals surface area contributed by atoms with Crippen molar-refractivity contribution in [2.45, 2.75) is 110 Å². The number of primary amides is 1. The Bertz CT molecular complexity index is 1500. The molecule has 52 heavy (non-hydrogen) atoms. The number of aliphatic hydroxyl groups is 1. The Morgan fingerprint density at radius 2 is 1.33 bits per heavy atom. The predicted octanol–water partition coefficient (Wildman–Crippen LogP) is 2.22. The van der Waals surface area contributed by atoms with Crippen molar-refractivity contribution in [3.8, 4) is 0 Å². The van der Waals surface area contributed by atoms with Crippen LogP contribution in [0.1, 0.15) is 78.9 Å². The van der Waals surface area contributed by atoms with Crippen LogP contribution in [0.3, 0.4) is 0 Å². The average Bonchev–Trinajstić information content (AvgIpc) is 3.07. The van der Waals surface area contributed by atoms with Gasteiger partial charge < -0.3 is 42.2 Å². The third kappa shape index (κ3) is 14.3. The molecule has 14 nitrogen and oxygen atoms in total. The number of hydrogen-bond donors (Lipinski definition) is 7. The molecule has 2 aromatic rings. The van der Waals surface area contributed by atoms with Crippen LogP contribution in [-0.2, 0) is 41.7 Å². The molecule has 0 saturated heterocycles. The maximum absolute atomic E-state index is 14.1. The van der Waals surface area contributed by atoms with Crippen molar-refractivity contribution in [3.63, 3.8) is 0 Å². The van der Waals surface area contributed by atoms with Gasteiger partial charge >= 0.3 is 6.09 Å². The lowest BCUT2D eigenvalue weighted by Crippen LogP contribution is -2.67. The highest BCUT2D eigenvalue weighted by Gasteiger charge is 2.42. The summed E-state index contributed by atoms with van der Waals surface area (Å²) in [6.45, 7) is 11.5. The summed E-state index contributed by atoms with van der Waals surface area (Å²) in [7, 11) is 0. The van der Waals surface area contributed by atoms with Crippen LogP contribution in [0.25, 0.3) is 0 Å². The van der Waals surface area contributed by atoms with E-state index in [2.05, 4.69) is 26.6 Å². The first-order chi connectivity index (χ1) is 24.4. The van der Waals surface area contributed by atoms with E-state index in [-0.39, 0.29) is 50.7 Å². The van der Waals surface area contributed by atoms with E-state index < -0.39 is 64.8 Å². The summed E-state index contributed by atoms with van der Waals surface area (Å²) in [6, 6.07) is 15.1. The second-order valence-corrected chi connectivity index (χ2v) is 14.5. The van der Waals surface area contributed by atoms with Gasteiger partial charge in [0.2, 0.25) is 29.5 Å². The number of hydrogen-bond acceptors (Lipinski definition) is 8. The first kappa shape index (κ1) is 43.2. The van der Waals surface area contributed by atoms with E-state index >= 15 is 0 Å². The Morgan fingerprint density at radius 3 is 1.85 bits per heavy atom. The molecule has 0 saturated carbocycles. The van der Waals surface area contributed by atoms with E-state index in [1.807, 2.05) is 45.9 Å². The van der Waals surface area contributed by atoms with Crippen molar-refractivity contribution < 1.29 is 38.6 Å². The molecule has 0 aromatic heterocycles. The van der Waals surface area contributed by atoms with Gasteiger partial charge in [0.1, 0.15) is 29.8 Å². The number of carbonyl (C=O) groups is 6. The number of aliphatic hydroxyl groups excluding tert-OH is 1. The quantitative estimate of drug-likeness (QED) is 0.107. The Hall–Kier alpha value is -4.98. The van der Waals surface area contributed by atoms with Gasteiger partial charge in [0.25, 0.3) is 0 Å². The first-order valence-corrected chi connectivity index (χ1v) is 17.5. The number of alkyl carbamates (subject to hydrolysis) is 1. The Labute approximate surface area is 306 Å². The zero-order valence-corrected chi connectivity index (χ0v) is 31.3. The minimum Gasteiger partial charge on any atom is -0.445 e. The molecule has 0 unspecified atom stereocenters. The number of amides is 6. The van der Waals surface area contributed by atoms with Gasteiger partial charge in [0, 0.05) is 12.8 Å². The fourth-order valence-corrected chi connectivity index (χ4v) is 5.23. The average molecular weight is 725 g/mol. The number of benzene rings is 2. The zero-order valence-electron chi connectivity index (χ0n) is 31.3. The van der Waals surface area contributed by atoms with Crippen molar-refractivity contribution >= 4 is 35.6 Å². The van der Waals surface area contributed by atoms with E-state index in [0.29, 0.717) is 5.56 Å². The minimum absolute atomic E-state index is 0.00341. The highest BCUT2D eigenvalue weighted by atomic mass is 16.5. The standard InChI is InChI=1S/C38H56N6O8/c1-24(2)20-29(42-36(51)52-23-27-16-12-9-13-17-27)33(48)43-37(5,6)34(49)44-38(7,21-26-14-10-8-11-15-26)35(50)41-28(18-19-31(39)46)32(47)40-30(22-45)25(3)4/h8-17,24-25,28-30,45H,18-23H2,1-7H3,(H2,39,46)(H,40,47)(H,41,50)(H,42,51)(H,43,48)(H,44,49)/t28-,29-,30+,38-/m0/s1. The molecular weight excluding hydrogens is 668 g/mol. The maximum atomic E-state index is 14.1. The Balaban J connectivity index is 2.30. The summed E-state index contributed by atoms with van der Waals surface area (Å²) in [5.41, 5.74) is 3.56. The van der Waals surface area contributed by atoms with Crippen molar-refractivity contribution in [1.29, 1.82) is 0 Å². The molecule has 0 aliphatic heterocycles. The second-order valence-electron chi connectivity index (χ2n) is 14.5. The number of rotatable bonds is 20. The fraction of sp³-hybridized carbons (Fsp3) is 0.526. The number of nitrogens with one attached hydrogen (secondary N) is 5. The summed E-state index contributed by atoms with van der Waals surface area (Å²) < 4.78 is 5.31. The molecule has 0 bridgehead atoms. The van der Waals surface area contributed by atoms with E-state index in [9.17, 15) is 33.9 Å². The van der Waals surface area contributed by atoms with Crippen LogP contribution in [0, 0.1) is 11.8 Å². The lowest BCUT2D eigenvalue weighted by atomic mass is 9.89. The summed E-state index contributed by atoms with van der Waals surface area (Å²) in [6.07, 6.45) is -0.891. The molecule has 8 N–H and O–H groups in total. The van der Waals surface area contributed by atoms with Crippen LogP contribution in [0.5, 0.6) is 0 Å². The molecule has 0 aliphatic carbocycles. The van der Waals surface area contributed by atoms with Gasteiger partial charge in [-0.3, -0.25) is 24.0 Å². The highest BCUT2D eigenvalue weighted by Crippen LogP contribution is 2.18. The van der Waals surface area contributed by atoms with Crippen LogP contribution < -0.4 is 32.3 Å². The number of ether oxygens (including phenoxy) is 1. The normalized spacial score (nSPS) is 14.3. The van der Waals surface area contributed by atoms with Gasteiger partial charge in [-0.25, -0.2) is 4.79 Å². The smallest absolute Gasteiger partial charge is 0.408 e. The summed E-state index contributed by atoms with van der Waals surface area (Å²) >= 11 is 0. The highest BCUT2D eigenvalue weighted by molar-refractivity contribution is 5.99. The molecule has 6 amide bonds. The van der Waals surface area contributed by atoms with Crippen LogP contribution in [0.15, 0.2) is 60.7 Å². The molecule has 0 aliphatic rings. The van der Waals surface area contributed by atoms with Gasteiger partial charge in [-0.2, -0.15) is 0 Å². The molecule has 286 valence electrons. The molecular formula is C38H56N6O8. The summed E-state index contributed by atoms with van der Waals surface area (Å²) in [5, 5.41) is 23.2. The lowest BCUT2D eigenvalue weighted by Gasteiger charge is -2.36. The van der Waals surface area contributed by atoms with Gasteiger partial charge in [-0.1, -0.05) is 88.4 Å². The maximum Gasteiger partial charge on any atom is 0.408 e. The third-order valence-electron chi connectivity index (χ3n) is 8.45. The van der Waals surface area contributed by atoms with Crippen LogP contribution in [0.4, 0.5) is 4.79 Å². The third-order valence-corrected chi connectivity index (χ3v) is 8.45. The number of carbonyl (C=O) groups excluding carboxylic acids is 6. The molecule has 0 spiro atoms. The SMILES string of the molecule is CC(C)C[C@H](NC(=O)OCc1ccccc1)C(=O)NC(C)(C)C(=O)N[C@@](C)(Cc1ccccc1)C(=O)N[C@@H](CCC(N)=O)C(=O)N[C@H](CO)C(C)C. The van der Waals surface area contributed by atoms with Gasteiger partial charge in [-0.05, 0) is 56.6 Å². The largest absolute Gasteiger partial charge is 0.445 e. The van der Waals surface area contributed by atoms with Crippen molar-refractivity contribution in [1.82, 2.24) is 26.6 Å². The monoisotopic (exact) mass is 724 g/mol. The van der Waals surface area contributed by atoms with Crippen LogP contribution >= 0.6 is 0 Å². The molecule has 0 heterocycles. The van der Waals surface area contributed by atoms with E-state index in [1.54, 1.807) is 42.5 Å². The first-order valence-electron chi connectivity index (χ1n) is 17.5. The molecule has 4 atom stereocenters. The van der Waals surface area contributed by atoms with E-state index in [0.717, 1.165) is 5.56 Å². The van der Waals surface area contributed by atoms with Gasteiger partial charge in [-0.15, -0.1) is 0 Å². The van der Waals surface area contributed by atoms with Crippen LogP contribution in [0.2, 0.25) is 0 Å². The van der Waals surface area contributed by atoms with E-state index in [4.69, 9.17) is 10.5 Å². The summed E-state index contributed by atoms with van der Waals surface area (Å²) in [4.78, 5) is 79.3. The minimum atomic E-state index is -1.67. The zero-order chi connectivity index (χ0) is 39.1. The van der Waals surface area contributed by atoms with Gasteiger partial charge in [0.15, 0.2) is 0 Å². The second kappa shape index (κ2) is 20.2. The van der Waals surface area contributed by atoms with Crippen molar-refractivity contribution in [3.05, 3.63) is 71.8 Å². The van der Waals surface area contributed by atoms with E-state index in [1.165, 1.54) is 20.8 Å². The molecule has 2 aromatic carbocycles. The Morgan fingerprint density at radius 1 is 0.750 bits per heavy atom. The number of nitrogens with two attached hydrogens (primary N) is 1. The van der Waals surface area contributed by atoms with Gasteiger partial charge in [0.05, 0.1) is 12.6 Å². The topological polar surface area (TPSA) is 218 Å². The molecule has 0 fully saturated rings. The molecule has 2 rings (SSSR count). The van der Waals surface area contributed by atoms with Crippen LogP contribution in [-0.4, -0.2) is 76.5 Å². The Kier molecular flexibility index (Phi) is 16.7. The molecule has 14 heteroatoms. The van der Waals surface area contributed by atoms with Crippen molar-refractivity contribution in [2.24, 2.45) is 17.6 Å². The molecule has 0 radical (unpaired) electrons. The van der Waals surface area contributed by atoms with Crippen molar-refractivity contribution in [2.75, 3.05) is 6.61 Å². The fourth-order valence-electron chi connectivity index (χ4n) is 5.23. The predicted molar refractivity (Wildman–Crippen MR) is 196 cm³/mol. The lowest BCUT2D eigenvalue weighted by molar-refractivity contribution is -0.139. The summed E-state index contributed by atoms with van der Waals surface area (Å²) in [5.74, 6) is -3.53.